The third-order valence-corrected chi connectivity index (χ3v) is 11.1. The molecule has 0 saturated carbocycles. The first-order chi connectivity index (χ1) is 27.1. The monoisotopic (exact) mass is 760 g/mol. The van der Waals surface area contributed by atoms with Crippen molar-refractivity contribution in [2.75, 3.05) is 27.3 Å². The Labute approximate surface area is 327 Å². The van der Waals surface area contributed by atoms with Crippen molar-refractivity contribution in [3.8, 4) is 33.6 Å². The van der Waals surface area contributed by atoms with Crippen molar-refractivity contribution >= 4 is 28.7 Å². The number of nitrogens with zero attached hydrogens (tertiary/aromatic N) is 4. The molecule has 2 aromatic heterocycles. The molecule has 5 aromatic rings. The number of aromatic amines is 2. The van der Waals surface area contributed by atoms with Crippen LogP contribution in [0.5, 0.6) is 0 Å². The Hall–Kier alpha value is -5.53. The molecule has 3 aromatic carbocycles. The summed E-state index contributed by atoms with van der Waals surface area (Å²) >= 11 is 0. The maximum absolute atomic E-state index is 13.6. The Kier molecular flexibility index (Phi) is 11.5. The molecular formula is C43H52N8O5. The molecule has 2 fully saturated rings. The Morgan fingerprint density at radius 1 is 0.679 bits per heavy atom. The number of alkyl carbamates (subject to hydrolysis) is 1. The molecule has 13 heteroatoms. The topological polar surface area (TPSA) is 158 Å². The lowest BCUT2D eigenvalue weighted by atomic mass is 9.98. The second kappa shape index (κ2) is 16.7. The standard InChI is InChI=1S/C43H52N8O5/c1-25(2)37(48-43(54)55-5)41(52)50-19-7-9-35(50)40-45-24-34(47-40)32-18-17-30-21-29(15-16-31(30)22-32)27-11-13-28(14-12-27)33-23-44-39(46-33)36-10-8-20-51(36)42(53)38(26(3)4)49-56-6/h11-18,21-26,35-38,49H,7-10,19-20H2,1-6H3,(H,44,46)(H,45,47)(H,48,54)/t35-,36-,37-,38?/m0/s1. The van der Waals surface area contributed by atoms with Crippen LogP contribution in [0.25, 0.3) is 44.4 Å². The number of hydrogen-bond acceptors (Lipinski definition) is 8. The number of amides is 3. The van der Waals surface area contributed by atoms with E-state index in [1.807, 2.05) is 49.9 Å². The molecule has 7 rings (SSSR count). The molecule has 0 spiro atoms. The van der Waals surface area contributed by atoms with Crippen LogP contribution in [0.1, 0.15) is 77.1 Å². The van der Waals surface area contributed by atoms with E-state index in [1.165, 1.54) is 7.11 Å². The van der Waals surface area contributed by atoms with Gasteiger partial charge in [0.2, 0.25) is 11.8 Å². The summed E-state index contributed by atoms with van der Waals surface area (Å²) in [6, 6.07) is 19.9. The van der Waals surface area contributed by atoms with Crippen molar-refractivity contribution in [3.05, 3.63) is 84.7 Å². The maximum Gasteiger partial charge on any atom is 0.407 e. The summed E-state index contributed by atoms with van der Waals surface area (Å²) in [7, 11) is 2.84. The molecule has 4 atom stereocenters. The number of carbonyl (C=O) groups is 3. The van der Waals surface area contributed by atoms with Gasteiger partial charge >= 0.3 is 6.09 Å². The molecule has 3 amide bonds. The number of benzene rings is 3. The molecule has 2 saturated heterocycles. The molecule has 13 nitrogen and oxygen atoms in total. The Balaban J connectivity index is 1.03. The normalized spacial score (nSPS) is 18.2. The molecule has 4 N–H and O–H groups in total. The minimum atomic E-state index is -0.680. The van der Waals surface area contributed by atoms with Gasteiger partial charge in [0.1, 0.15) is 23.7 Å². The maximum atomic E-state index is 13.6. The minimum Gasteiger partial charge on any atom is -0.453 e. The highest BCUT2D eigenvalue weighted by Gasteiger charge is 2.38. The van der Waals surface area contributed by atoms with Gasteiger partial charge < -0.3 is 34.7 Å². The number of hydroxylamine groups is 1. The van der Waals surface area contributed by atoms with Gasteiger partial charge in [-0.1, -0.05) is 76.2 Å². The van der Waals surface area contributed by atoms with Crippen LogP contribution in [0.3, 0.4) is 0 Å². The molecule has 2 aliphatic heterocycles. The highest BCUT2D eigenvalue weighted by molar-refractivity contribution is 5.91. The average Bonchev–Trinajstić information content (AvgIpc) is 4.05. The number of fused-ring (bicyclic) bond motifs is 1. The summed E-state index contributed by atoms with van der Waals surface area (Å²) in [5, 5.41) is 4.93. The van der Waals surface area contributed by atoms with Gasteiger partial charge in [0.15, 0.2) is 0 Å². The number of methoxy groups -OCH3 is 1. The average molecular weight is 761 g/mol. The van der Waals surface area contributed by atoms with Crippen LogP contribution in [0, 0.1) is 11.8 Å². The summed E-state index contributed by atoms with van der Waals surface area (Å²) in [6.07, 6.45) is 6.50. The van der Waals surface area contributed by atoms with Crippen molar-refractivity contribution in [2.45, 2.75) is 77.5 Å². The third-order valence-electron chi connectivity index (χ3n) is 11.1. The first kappa shape index (κ1) is 38.7. The minimum absolute atomic E-state index is 0.0301. The Bertz CT molecular complexity index is 2180. The van der Waals surface area contributed by atoms with Crippen LogP contribution >= 0.6 is 0 Å². The SMILES string of the molecule is CONC(C(=O)N1CCC[C@H]1c1ncc(-c2ccc(-c3ccc4cc(-c5cnc([C@@H]6CCCN6C(=O)[C@@H](NC(=O)OC)C(C)C)[nH]5)ccc4c3)cc2)[nH]1)C(C)C. The molecular weight excluding hydrogens is 709 g/mol. The van der Waals surface area contributed by atoms with Crippen LogP contribution in [-0.2, 0) is 19.2 Å². The van der Waals surface area contributed by atoms with E-state index in [0.717, 1.165) is 81.7 Å². The Morgan fingerprint density at radius 2 is 1.16 bits per heavy atom. The van der Waals surface area contributed by atoms with Gasteiger partial charge in [-0.05, 0) is 77.1 Å². The number of carbonyl (C=O) groups excluding carboxylic acids is 3. The number of nitrogens with one attached hydrogen (secondary N) is 4. The van der Waals surface area contributed by atoms with E-state index in [-0.39, 0.29) is 35.7 Å². The molecule has 0 aliphatic carbocycles. The highest BCUT2D eigenvalue weighted by atomic mass is 16.6. The lowest BCUT2D eigenvalue weighted by molar-refractivity contribution is -0.140. The summed E-state index contributed by atoms with van der Waals surface area (Å²) in [6.45, 7) is 9.14. The fraction of sp³-hybridized carbons (Fsp3) is 0.419. The van der Waals surface area contributed by atoms with E-state index in [2.05, 4.69) is 81.4 Å². The van der Waals surface area contributed by atoms with Crippen molar-refractivity contribution in [2.24, 2.45) is 11.8 Å². The number of aromatic nitrogens is 4. The molecule has 0 radical (unpaired) electrons. The first-order valence-electron chi connectivity index (χ1n) is 19.5. The molecule has 4 heterocycles. The zero-order valence-electron chi connectivity index (χ0n) is 33.0. The van der Waals surface area contributed by atoms with Gasteiger partial charge in [-0.25, -0.2) is 14.8 Å². The molecule has 1 unspecified atom stereocenters. The van der Waals surface area contributed by atoms with Crippen molar-refractivity contribution in [1.82, 2.24) is 40.5 Å². The van der Waals surface area contributed by atoms with Gasteiger partial charge in [0.25, 0.3) is 0 Å². The third kappa shape index (κ3) is 7.92. The smallest absolute Gasteiger partial charge is 0.407 e. The second-order valence-corrected chi connectivity index (χ2v) is 15.5. The summed E-state index contributed by atoms with van der Waals surface area (Å²) in [5.74, 6) is 1.43. The van der Waals surface area contributed by atoms with Crippen LogP contribution in [0.2, 0.25) is 0 Å². The van der Waals surface area contributed by atoms with E-state index in [9.17, 15) is 14.4 Å². The summed E-state index contributed by atoms with van der Waals surface area (Å²) < 4.78 is 4.77. The van der Waals surface area contributed by atoms with E-state index < -0.39 is 18.2 Å². The predicted molar refractivity (Wildman–Crippen MR) is 215 cm³/mol. The molecule has 294 valence electrons. The lowest BCUT2D eigenvalue weighted by Gasteiger charge is -2.30. The van der Waals surface area contributed by atoms with E-state index in [4.69, 9.17) is 19.5 Å². The highest BCUT2D eigenvalue weighted by Crippen LogP contribution is 2.35. The van der Waals surface area contributed by atoms with Crippen LogP contribution in [0.4, 0.5) is 4.79 Å². The molecule has 56 heavy (non-hydrogen) atoms. The van der Waals surface area contributed by atoms with Crippen molar-refractivity contribution < 1.29 is 24.0 Å². The second-order valence-electron chi connectivity index (χ2n) is 15.5. The molecule has 2 aliphatic rings. The lowest BCUT2D eigenvalue weighted by Crippen LogP contribution is -2.51. The largest absolute Gasteiger partial charge is 0.453 e. The first-order valence-corrected chi connectivity index (χ1v) is 19.5. The van der Waals surface area contributed by atoms with Crippen LogP contribution in [-0.4, -0.2) is 87.0 Å². The Morgan fingerprint density at radius 3 is 1.70 bits per heavy atom. The van der Waals surface area contributed by atoms with Gasteiger partial charge in [-0.2, -0.15) is 5.48 Å². The number of imidazole rings is 2. The van der Waals surface area contributed by atoms with Gasteiger partial charge in [0.05, 0.1) is 50.1 Å². The number of ether oxygens (including phenoxy) is 1. The van der Waals surface area contributed by atoms with E-state index in [0.29, 0.717) is 13.1 Å². The summed E-state index contributed by atoms with van der Waals surface area (Å²) in [5.41, 5.74) is 8.92. The van der Waals surface area contributed by atoms with Gasteiger partial charge in [0, 0.05) is 18.7 Å². The zero-order chi connectivity index (χ0) is 39.5. The fourth-order valence-corrected chi connectivity index (χ4v) is 8.03. The van der Waals surface area contributed by atoms with Crippen molar-refractivity contribution in [1.29, 1.82) is 0 Å². The summed E-state index contributed by atoms with van der Waals surface area (Å²) in [4.78, 5) is 64.3. The predicted octanol–water partition coefficient (Wildman–Crippen LogP) is 7.17. The number of H-pyrrole nitrogens is 2. The van der Waals surface area contributed by atoms with Gasteiger partial charge in [-0.15, -0.1) is 0 Å². The van der Waals surface area contributed by atoms with Crippen molar-refractivity contribution in [3.63, 3.8) is 0 Å². The van der Waals surface area contributed by atoms with Crippen LogP contribution < -0.4 is 10.8 Å². The fourth-order valence-electron chi connectivity index (χ4n) is 8.03. The quantitative estimate of drug-likeness (QED) is 0.0976. The van der Waals surface area contributed by atoms with E-state index >= 15 is 0 Å². The number of likely N-dealkylation sites (tertiary alicyclic amines) is 2. The zero-order valence-corrected chi connectivity index (χ0v) is 33.0. The number of hydrogen-bond donors (Lipinski definition) is 4. The molecule has 0 bridgehead atoms. The number of rotatable bonds is 12. The van der Waals surface area contributed by atoms with Gasteiger partial charge in [-0.3, -0.25) is 9.59 Å². The van der Waals surface area contributed by atoms with E-state index in [1.54, 1.807) is 7.11 Å². The van der Waals surface area contributed by atoms with Crippen LogP contribution in [0.15, 0.2) is 73.1 Å².